The molecule has 0 bridgehead atoms. The number of likely N-dealkylation sites (N-methyl/N-ethyl adjacent to an activating group) is 1. The van der Waals surface area contributed by atoms with Gasteiger partial charge in [-0.1, -0.05) is 0 Å². The smallest absolute Gasteiger partial charge is 0.337 e. The van der Waals surface area contributed by atoms with Crippen LogP contribution in [-0.2, 0) is 11.3 Å². The van der Waals surface area contributed by atoms with E-state index >= 15 is 0 Å². The summed E-state index contributed by atoms with van der Waals surface area (Å²) in [5.74, 6) is 0.198. The molecule has 0 aliphatic carbocycles. The lowest BCUT2D eigenvalue weighted by atomic mass is 10.1. The average Bonchev–Trinajstić information content (AvgIpc) is 3.31. The van der Waals surface area contributed by atoms with Crippen molar-refractivity contribution < 1.29 is 14.6 Å². The third kappa shape index (κ3) is 4.03. The maximum atomic E-state index is 11.9. The van der Waals surface area contributed by atoms with Gasteiger partial charge < -0.3 is 29.2 Å². The Morgan fingerprint density at radius 3 is 2.83 bits per heavy atom. The lowest BCUT2D eigenvalue weighted by Gasteiger charge is -2.34. The summed E-state index contributed by atoms with van der Waals surface area (Å²) in [6.45, 7) is 4.61. The Kier molecular flexibility index (Phi) is 5.36. The maximum Gasteiger partial charge on any atom is 0.337 e. The second kappa shape index (κ2) is 8.10. The monoisotopic (exact) mass is 399 g/mol. The zero-order valence-electron chi connectivity index (χ0n) is 16.6. The SMILES string of the molecule is COCCn1ccnc1Nc1nc2cc(C(=O)O)c(N3CCN(C)CC3)cc2[nH]1. The largest absolute Gasteiger partial charge is 0.478 e. The molecule has 10 heteroatoms. The van der Waals surface area contributed by atoms with E-state index in [-0.39, 0.29) is 5.56 Å². The van der Waals surface area contributed by atoms with Gasteiger partial charge in [-0.15, -0.1) is 0 Å². The lowest BCUT2D eigenvalue weighted by molar-refractivity contribution is 0.0697. The predicted molar refractivity (Wildman–Crippen MR) is 110 cm³/mol. The zero-order valence-corrected chi connectivity index (χ0v) is 16.6. The molecule has 4 rings (SSSR count). The van der Waals surface area contributed by atoms with Crippen LogP contribution in [-0.4, -0.2) is 82.4 Å². The van der Waals surface area contributed by atoms with Crippen molar-refractivity contribution in [3.63, 3.8) is 0 Å². The molecular weight excluding hydrogens is 374 g/mol. The first kappa shape index (κ1) is 19.2. The Morgan fingerprint density at radius 1 is 1.31 bits per heavy atom. The van der Waals surface area contributed by atoms with Gasteiger partial charge in [0.25, 0.3) is 0 Å². The number of aromatic nitrogens is 4. The molecule has 1 saturated heterocycles. The number of rotatable bonds is 7. The molecule has 0 spiro atoms. The molecule has 1 aliphatic rings. The van der Waals surface area contributed by atoms with Crippen molar-refractivity contribution >= 4 is 34.6 Å². The Bertz CT molecular complexity index is 1000. The topological polar surface area (TPSA) is 112 Å². The highest BCUT2D eigenvalue weighted by Gasteiger charge is 2.22. The molecule has 3 heterocycles. The van der Waals surface area contributed by atoms with Gasteiger partial charge in [-0.2, -0.15) is 0 Å². The third-order valence-corrected chi connectivity index (χ3v) is 5.16. The first-order chi connectivity index (χ1) is 14.0. The number of anilines is 3. The van der Waals surface area contributed by atoms with Crippen molar-refractivity contribution in [2.45, 2.75) is 6.54 Å². The van der Waals surface area contributed by atoms with Gasteiger partial charge in [0.1, 0.15) is 0 Å². The standard InChI is InChI=1S/C19H25N7O3/c1-24-5-7-25(8-6-24)16-12-15-14(11-13(16)17(27)28)21-18(22-15)23-19-20-3-4-26(19)9-10-29-2/h3-4,11-12H,5-10H2,1-2H3,(H,27,28)(H2,20,21,22,23). The lowest BCUT2D eigenvalue weighted by Crippen LogP contribution is -2.45. The number of fused-ring (bicyclic) bond motifs is 1. The fraction of sp³-hybridized carbons (Fsp3) is 0.421. The van der Waals surface area contributed by atoms with E-state index < -0.39 is 5.97 Å². The number of imidazole rings is 2. The van der Waals surface area contributed by atoms with Crippen LogP contribution in [0, 0.1) is 0 Å². The highest BCUT2D eigenvalue weighted by Crippen LogP contribution is 2.28. The van der Waals surface area contributed by atoms with Crippen molar-refractivity contribution in [1.82, 2.24) is 24.4 Å². The van der Waals surface area contributed by atoms with E-state index in [0.29, 0.717) is 30.6 Å². The number of aromatic carboxylic acids is 1. The maximum absolute atomic E-state index is 11.9. The first-order valence-corrected chi connectivity index (χ1v) is 9.53. The van der Waals surface area contributed by atoms with Crippen LogP contribution < -0.4 is 10.2 Å². The van der Waals surface area contributed by atoms with Gasteiger partial charge in [0, 0.05) is 52.2 Å². The van der Waals surface area contributed by atoms with Gasteiger partial charge in [-0.05, 0) is 19.2 Å². The second-order valence-corrected chi connectivity index (χ2v) is 7.13. The first-order valence-electron chi connectivity index (χ1n) is 9.53. The summed E-state index contributed by atoms with van der Waals surface area (Å²) >= 11 is 0. The Labute approximate surface area is 168 Å². The molecule has 1 aromatic carbocycles. The van der Waals surface area contributed by atoms with Gasteiger partial charge in [-0.25, -0.2) is 14.8 Å². The number of benzene rings is 1. The minimum absolute atomic E-state index is 0.265. The molecule has 1 aliphatic heterocycles. The van der Waals surface area contributed by atoms with Crippen LogP contribution >= 0.6 is 0 Å². The predicted octanol–water partition coefficient (Wildman–Crippen LogP) is 1.60. The van der Waals surface area contributed by atoms with Crippen LogP contribution in [0.25, 0.3) is 11.0 Å². The van der Waals surface area contributed by atoms with Gasteiger partial charge >= 0.3 is 5.97 Å². The van der Waals surface area contributed by atoms with Crippen molar-refractivity contribution in [3.8, 4) is 0 Å². The summed E-state index contributed by atoms with van der Waals surface area (Å²) in [5.41, 5.74) is 2.36. The number of aromatic amines is 1. The number of piperazine rings is 1. The van der Waals surface area contributed by atoms with Crippen molar-refractivity contribution in [2.75, 3.05) is 57.2 Å². The number of carbonyl (C=O) groups is 1. The number of methoxy groups -OCH3 is 1. The highest BCUT2D eigenvalue weighted by molar-refractivity contribution is 6.00. The number of H-pyrrole nitrogens is 1. The Balaban J connectivity index is 1.64. The summed E-state index contributed by atoms with van der Waals surface area (Å²) < 4.78 is 7.04. The molecule has 0 saturated carbocycles. The van der Waals surface area contributed by atoms with Crippen LogP contribution in [0.15, 0.2) is 24.5 Å². The molecular formula is C19H25N7O3. The minimum atomic E-state index is -0.951. The van der Waals surface area contributed by atoms with Gasteiger partial charge in [0.2, 0.25) is 11.9 Å². The fourth-order valence-electron chi connectivity index (χ4n) is 3.49. The summed E-state index contributed by atoms with van der Waals surface area (Å²) in [6.07, 6.45) is 3.56. The number of hydrogen-bond acceptors (Lipinski definition) is 7. The highest BCUT2D eigenvalue weighted by atomic mass is 16.5. The summed E-state index contributed by atoms with van der Waals surface area (Å²) in [5, 5.41) is 12.9. The molecule has 3 aromatic rings. The van der Waals surface area contributed by atoms with Crippen molar-refractivity contribution in [2.24, 2.45) is 0 Å². The average molecular weight is 399 g/mol. The number of carboxylic acid groups (broad SMARTS) is 1. The molecule has 0 atom stereocenters. The van der Waals surface area contributed by atoms with Crippen LogP contribution in [0.5, 0.6) is 0 Å². The van der Waals surface area contributed by atoms with E-state index in [1.165, 1.54) is 0 Å². The fourth-order valence-corrected chi connectivity index (χ4v) is 3.49. The molecule has 154 valence electrons. The number of ether oxygens (including phenoxy) is 1. The van der Waals surface area contributed by atoms with E-state index in [9.17, 15) is 9.90 Å². The van der Waals surface area contributed by atoms with Gasteiger partial charge in [0.15, 0.2) is 0 Å². The van der Waals surface area contributed by atoms with E-state index in [0.717, 1.165) is 37.4 Å². The third-order valence-electron chi connectivity index (χ3n) is 5.16. The molecule has 2 aromatic heterocycles. The summed E-state index contributed by atoms with van der Waals surface area (Å²) in [4.78, 5) is 28.3. The van der Waals surface area contributed by atoms with Gasteiger partial charge in [-0.3, -0.25) is 5.32 Å². The molecule has 3 N–H and O–H groups in total. The number of nitrogens with zero attached hydrogens (tertiary/aromatic N) is 5. The number of hydrogen-bond donors (Lipinski definition) is 3. The quantitative estimate of drug-likeness (QED) is 0.549. The van der Waals surface area contributed by atoms with E-state index in [4.69, 9.17) is 4.74 Å². The van der Waals surface area contributed by atoms with Crippen molar-refractivity contribution in [1.29, 1.82) is 0 Å². The van der Waals surface area contributed by atoms with Crippen LogP contribution in [0.1, 0.15) is 10.4 Å². The minimum Gasteiger partial charge on any atom is -0.478 e. The molecule has 0 unspecified atom stereocenters. The van der Waals surface area contributed by atoms with Crippen LogP contribution in [0.3, 0.4) is 0 Å². The van der Waals surface area contributed by atoms with Crippen LogP contribution in [0.4, 0.5) is 17.6 Å². The molecule has 10 nitrogen and oxygen atoms in total. The van der Waals surface area contributed by atoms with E-state index in [1.807, 2.05) is 16.8 Å². The number of carboxylic acids is 1. The molecule has 0 radical (unpaired) electrons. The summed E-state index contributed by atoms with van der Waals surface area (Å²) in [6, 6.07) is 3.50. The van der Waals surface area contributed by atoms with E-state index in [1.54, 1.807) is 19.4 Å². The second-order valence-electron chi connectivity index (χ2n) is 7.13. The molecule has 29 heavy (non-hydrogen) atoms. The molecule has 1 fully saturated rings. The normalized spacial score (nSPS) is 15.2. The molecule has 0 amide bonds. The van der Waals surface area contributed by atoms with Crippen molar-refractivity contribution in [3.05, 3.63) is 30.1 Å². The summed E-state index contributed by atoms with van der Waals surface area (Å²) in [7, 11) is 3.73. The number of nitrogens with one attached hydrogen (secondary N) is 2. The zero-order chi connectivity index (χ0) is 20.4. The van der Waals surface area contributed by atoms with Gasteiger partial charge in [0.05, 0.1) is 28.9 Å². The Hall–Kier alpha value is -3.11. The Morgan fingerprint density at radius 2 is 2.10 bits per heavy atom. The van der Waals surface area contributed by atoms with Crippen LogP contribution in [0.2, 0.25) is 0 Å². The van der Waals surface area contributed by atoms with E-state index in [2.05, 4.69) is 37.1 Å².